The Morgan fingerprint density at radius 2 is 1.59 bits per heavy atom. The van der Waals surface area contributed by atoms with E-state index in [1.165, 1.54) is 9.65 Å². The van der Waals surface area contributed by atoms with Crippen LogP contribution in [0.2, 0.25) is 5.02 Å². The highest BCUT2D eigenvalue weighted by Gasteiger charge is 2.37. The summed E-state index contributed by atoms with van der Waals surface area (Å²) in [5.74, 6) is -1.41. The van der Waals surface area contributed by atoms with Gasteiger partial charge in [-0.1, -0.05) is 11.6 Å². The van der Waals surface area contributed by atoms with Crippen molar-refractivity contribution in [2.24, 2.45) is 0 Å². The van der Waals surface area contributed by atoms with E-state index in [9.17, 15) is 14.4 Å². The lowest BCUT2D eigenvalue weighted by atomic mass is 10.1. The van der Waals surface area contributed by atoms with Crippen LogP contribution in [0.3, 0.4) is 0 Å². The van der Waals surface area contributed by atoms with E-state index < -0.39 is 17.8 Å². The second kappa shape index (κ2) is 8.55. The first-order valence-electron chi connectivity index (χ1n) is 9.80. The zero-order valence-electron chi connectivity index (χ0n) is 17.6. The Labute approximate surface area is 204 Å². The van der Waals surface area contributed by atoms with Crippen LogP contribution in [0.15, 0.2) is 54.1 Å². The maximum absolute atomic E-state index is 13.1. The minimum atomic E-state index is -0.792. The minimum Gasteiger partial charge on any atom is -0.318 e. The number of halogens is 2. The summed E-state index contributed by atoms with van der Waals surface area (Å²) in [5.41, 5.74) is 4.95. The van der Waals surface area contributed by atoms with E-state index in [4.69, 9.17) is 11.6 Å². The average molecular weight is 560 g/mol. The maximum Gasteiger partial charge on any atom is 0.335 e. The number of barbiturate groups is 1. The number of hydrogen-bond donors (Lipinski definition) is 1. The van der Waals surface area contributed by atoms with Gasteiger partial charge in [-0.15, -0.1) is 0 Å². The molecule has 1 aromatic heterocycles. The Morgan fingerprint density at radius 3 is 2.25 bits per heavy atom. The number of aromatic nitrogens is 1. The van der Waals surface area contributed by atoms with Gasteiger partial charge >= 0.3 is 6.03 Å². The van der Waals surface area contributed by atoms with Crippen molar-refractivity contribution in [3.8, 4) is 5.69 Å². The third-order valence-corrected chi connectivity index (χ3v) is 6.82. The summed E-state index contributed by atoms with van der Waals surface area (Å²) >= 11 is 8.21. The van der Waals surface area contributed by atoms with Gasteiger partial charge in [0.2, 0.25) is 0 Å². The fourth-order valence-electron chi connectivity index (χ4n) is 3.74. The molecule has 2 aromatic carbocycles. The topological polar surface area (TPSA) is 71.4 Å². The quantitative estimate of drug-likeness (QED) is 0.268. The first kappa shape index (κ1) is 22.3. The molecular weight excluding hydrogens is 541 g/mol. The molecule has 32 heavy (non-hydrogen) atoms. The van der Waals surface area contributed by atoms with Gasteiger partial charge in [-0.3, -0.25) is 14.9 Å². The molecule has 0 saturated carbocycles. The highest BCUT2D eigenvalue weighted by atomic mass is 127. The second-order valence-corrected chi connectivity index (χ2v) is 9.13. The molecule has 0 aliphatic carbocycles. The molecule has 4 amide bonds. The molecule has 162 valence electrons. The predicted molar refractivity (Wildman–Crippen MR) is 133 cm³/mol. The standard InChI is InChI=1S/C24H19ClIN3O3/c1-13-10-19(8-9-21(13)26)28-14(2)11-16(15(28)3)12-20-22(30)27-24(32)29(23(20)31)18-6-4-17(25)5-7-18/h4-12H,1-3H3,(H,27,30,32). The van der Waals surface area contributed by atoms with Crippen molar-refractivity contribution in [2.75, 3.05) is 4.90 Å². The summed E-state index contributed by atoms with van der Waals surface area (Å²) in [7, 11) is 0. The van der Waals surface area contributed by atoms with Crippen molar-refractivity contribution < 1.29 is 14.4 Å². The second-order valence-electron chi connectivity index (χ2n) is 7.53. The van der Waals surface area contributed by atoms with Crippen molar-refractivity contribution in [3.63, 3.8) is 0 Å². The van der Waals surface area contributed by atoms with E-state index in [0.29, 0.717) is 10.7 Å². The highest BCUT2D eigenvalue weighted by molar-refractivity contribution is 14.1. The Hall–Kier alpha value is -2.91. The molecule has 6 nitrogen and oxygen atoms in total. The van der Waals surface area contributed by atoms with Gasteiger partial charge < -0.3 is 4.57 Å². The number of nitrogens with one attached hydrogen (secondary N) is 1. The number of amides is 4. The number of carbonyl (C=O) groups excluding carboxylic acids is 3. The molecule has 4 rings (SSSR count). The van der Waals surface area contributed by atoms with E-state index in [1.807, 2.05) is 26.0 Å². The molecule has 1 saturated heterocycles. The van der Waals surface area contributed by atoms with Crippen LogP contribution < -0.4 is 10.2 Å². The maximum atomic E-state index is 13.1. The molecule has 1 fully saturated rings. The SMILES string of the molecule is Cc1cc(-n2c(C)cc(C=C3C(=O)NC(=O)N(c4ccc(Cl)cc4)C3=O)c2C)ccc1I. The minimum absolute atomic E-state index is 0.112. The van der Waals surface area contributed by atoms with Crippen LogP contribution in [0.4, 0.5) is 10.5 Å². The Balaban J connectivity index is 1.76. The van der Waals surface area contributed by atoms with Crippen LogP contribution in [0, 0.1) is 24.3 Å². The Kier molecular flexibility index (Phi) is 5.96. The van der Waals surface area contributed by atoms with Crippen molar-refractivity contribution >= 4 is 63.8 Å². The summed E-state index contributed by atoms with van der Waals surface area (Å²) in [6.45, 7) is 5.95. The molecule has 8 heteroatoms. The number of carbonyl (C=O) groups is 3. The molecule has 1 N–H and O–H groups in total. The zero-order chi connectivity index (χ0) is 23.2. The lowest BCUT2D eigenvalue weighted by Crippen LogP contribution is -2.54. The highest BCUT2D eigenvalue weighted by Crippen LogP contribution is 2.27. The normalized spacial score (nSPS) is 15.5. The van der Waals surface area contributed by atoms with Crippen LogP contribution in [0.1, 0.15) is 22.5 Å². The molecular formula is C24H19ClIN3O3. The monoisotopic (exact) mass is 559 g/mol. The van der Waals surface area contributed by atoms with E-state index in [0.717, 1.165) is 33.1 Å². The molecule has 3 aromatic rings. The Morgan fingerprint density at radius 1 is 0.938 bits per heavy atom. The lowest BCUT2D eigenvalue weighted by Gasteiger charge is -2.26. The van der Waals surface area contributed by atoms with Gasteiger partial charge in [-0.05, 0) is 109 Å². The van der Waals surface area contributed by atoms with E-state index >= 15 is 0 Å². The number of rotatable bonds is 3. The molecule has 0 bridgehead atoms. The molecule has 0 atom stereocenters. The fraction of sp³-hybridized carbons (Fsp3) is 0.125. The zero-order valence-corrected chi connectivity index (χ0v) is 20.5. The van der Waals surface area contributed by atoms with Crippen LogP contribution in [0.5, 0.6) is 0 Å². The van der Waals surface area contributed by atoms with E-state index in [2.05, 4.69) is 51.5 Å². The van der Waals surface area contributed by atoms with Gasteiger partial charge in [0.1, 0.15) is 5.57 Å². The van der Waals surface area contributed by atoms with Gasteiger partial charge in [0.05, 0.1) is 5.69 Å². The first-order chi connectivity index (χ1) is 15.2. The van der Waals surface area contributed by atoms with Gasteiger partial charge in [-0.25, -0.2) is 9.69 Å². The van der Waals surface area contributed by atoms with E-state index in [1.54, 1.807) is 24.3 Å². The Bertz CT molecular complexity index is 1310. The first-order valence-corrected chi connectivity index (χ1v) is 11.3. The van der Waals surface area contributed by atoms with Gasteiger partial charge in [0.25, 0.3) is 11.8 Å². The molecule has 0 unspecified atom stereocenters. The molecule has 0 radical (unpaired) electrons. The number of urea groups is 1. The average Bonchev–Trinajstić information content (AvgIpc) is 3.01. The third kappa shape index (κ3) is 3.98. The summed E-state index contributed by atoms with van der Waals surface area (Å²) in [5, 5.41) is 2.72. The fourth-order valence-corrected chi connectivity index (χ4v) is 4.20. The lowest BCUT2D eigenvalue weighted by molar-refractivity contribution is -0.122. The molecule has 1 aliphatic heterocycles. The van der Waals surface area contributed by atoms with Crippen molar-refractivity contribution in [2.45, 2.75) is 20.8 Å². The van der Waals surface area contributed by atoms with Crippen molar-refractivity contribution in [3.05, 3.63) is 85.2 Å². The van der Waals surface area contributed by atoms with E-state index in [-0.39, 0.29) is 5.57 Å². The van der Waals surface area contributed by atoms with Crippen molar-refractivity contribution in [1.29, 1.82) is 0 Å². The van der Waals surface area contributed by atoms with Gasteiger partial charge in [-0.2, -0.15) is 0 Å². The number of benzene rings is 2. The van der Waals surface area contributed by atoms with Gasteiger partial charge in [0, 0.05) is 25.7 Å². The number of nitrogens with zero attached hydrogens (tertiary/aromatic N) is 2. The number of aryl methyl sites for hydroxylation is 2. The molecule has 0 spiro atoms. The third-order valence-electron chi connectivity index (χ3n) is 5.36. The summed E-state index contributed by atoms with van der Waals surface area (Å²) in [6, 6.07) is 13.6. The van der Waals surface area contributed by atoms with Crippen LogP contribution >= 0.6 is 34.2 Å². The van der Waals surface area contributed by atoms with Crippen LogP contribution in [-0.2, 0) is 9.59 Å². The number of anilines is 1. The largest absolute Gasteiger partial charge is 0.335 e. The van der Waals surface area contributed by atoms with Gasteiger partial charge in [0.15, 0.2) is 0 Å². The number of hydrogen-bond acceptors (Lipinski definition) is 3. The number of imide groups is 2. The van der Waals surface area contributed by atoms with Crippen LogP contribution in [0.25, 0.3) is 11.8 Å². The summed E-state index contributed by atoms with van der Waals surface area (Å²) < 4.78 is 3.25. The summed E-state index contributed by atoms with van der Waals surface area (Å²) in [6.07, 6.45) is 1.53. The smallest absolute Gasteiger partial charge is 0.318 e. The predicted octanol–water partition coefficient (Wildman–Crippen LogP) is 5.33. The van der Waals surface area contributed by atoms with Crippen LogP contribution in [-0.4, -0.2) is 22.4 Å². The summed E-state index contributed by atoms with van der Waals surface area (Å²) in [4.78, 5) is 39.0. The van der Waals surface area contributed by atoms with Crippen molar-refractivity contribution in [1.82, 2.24) is 9.88 Å². The molecule has 2 heterocycles. The molecule has 1 aliphatic rings.